The monoisotopic (exact) mass is 696 g/mol. The SMILES string of the molecule is COc1ccc(C[C@@H]2C(=O)N(c3ccc(CC(NC(=O)C4(CCNC(C)=O)CCCC4)C(=O)O)cc3)C(CCc3ccccc3)N2C(C)=O)cc1. The van der Waals surface area contributed by atoms with E-state index < -0.39 is 29.6 Å². The number of nitrogens with zero attached hydrogens (tertiary/aromatic N) is 2. The van der Waals surface area contributed by atoms with Crippen LogP contribution in [0.25, 0.3) is 0 Å². The lowest BCUT2D eigenvalue weighted by Crippen LogP contribution is -2.49. The molecule has 1 saturated carbocycles. The van der Waals surface area contributed by atoms with Gasteiger partial charge in [0.25, 0.3) is 5.91 Å². The fourth-order valence-electron chi connectivity index (χ4n) is 7.53. The molecule has 1 saturated heterocycles. The summed E-state index contributed by atoms with van der Waals surface area (Å²) in [5, 5.41) is 15.6. The van der Waals surface area contributed by atoms with Crippen molar-refractivity contribution in [3.05, 3.63) is 95.6 Å². The number of aliphatic carboxylic acids is 1. The van der Waals surface area contributed by atoms with Gasteiger partial charge in [-0.15, -0.1) is 0 Å². The molecule has 4 amide bonds. The maximum Gasteiger partial charge on any atom is 0.326 e. The van der Waals surface area contributed by atoms with E-state index in [1.165, 1.54) is 13.8 Å². The molecule has 0 radical (unpaired) electrons. The van der Waals surface area contributed by atoms with Crippen LogP contribution in [-0.4, -0.2) is 71.5 Å². The molecule has 0 spiro atoms. The highest BCUT2D eigenvalue weighted by molar-refractivity contribution is 6.03. The number of anilines is 1. The van der Waals surface area contributed by atoms with E-state index >= 15 is 0 Å². The molecule has 2 aliphatic rings. The van der Waals surface area contributed by atoms with E-state index in [-0.39, 0.29) is 30.0 Å². The van der Waals surface area contributed by atoms with Gasteiger partial charge in [0.05, 0.1) is 12.5 Å². The molecule has 3 atom stereocenters. The van der Waals surface area contributed by atoms with Gasteiger partial charge in [0.2, 0.25) is 17.7 Å². The molecule has 2 unspecified atom stereocenters. The molecule has 3 aromatic rings. The fourth-order valence-corrected chi connectivity index (χ4v) is 7.53. The molecule has 1 heterocycles. The largest absolute Gasteiger partial charge is 0.497 e. The molecule has 2 fully saturated rings. The Morgan fingerprint density at radius 1 is 0.902 bits per heavy atom. The number of rotatable bonds is 15. The van der Waals surface area contributed by atoms with Crippen molar-refractivity contribution in [2.75, 3.05) is 18.6 Å². The van der Waals surface area contributed by atoms with Crippen LogP contribution >= 0.6 is 0 Å². The smallest absolute Gasteiger partial charge is 0.326 e. The van der Waals surface area contributed by atoms with Crippen molar-refractivity contribution in [3.63, 3.8) is 0 Å². The number of methoxy groups -OCH3 is 1. The van der Waals surface area contributed by atoms with E-state index in [1.54, 1.807) is 41.2 Å². The molecule has 5 rings (SSSR count). The zero-order valence-electron chi connectivity index (χ0n) is 29.6. The second-order valence-electron chi connectivity index (χ2n) is 13.7. The average molecular weight is 697 g/mol. The van der Waals surface area contributed by atoms with Crippen LogP contribution < -0.4 is 20.3 Å². The number of nitrogens with one attached hydrogen (secondary N) is 2. The molecule has 0 aromatic heterocycles. The third-order valence-electron chi connectivity index (χ3n) is 10.2. The number of aryl methyl sites for hydroxylation is 1. The lowest BCUT2D eigenvalue weighted by Gasteiger charge is -2.31. The van der Waals surface area contributed by atoms with Crippen LogP contribution in [0.15, 0.2) is 78.9 Å². The van der Waals surface area contributed by atoms with Crippen molar-refractivity contribution in [1.82, 2.24) is 15.5 Å². The number of benzene rings is 3. The number of hydrogen-bond donors (Lipinski definition) is 3. The normalized spacial score (nSPS) is 18.7. The Kier molecular flexibility index (Phi) is 12.1. The van der Waals surface area contributed by atoms with Gasteiger partial charge in [-0.1, -0.05) is 67.4 Å². The van der Waals surface area contributed by atoms with E-state index in [0.717, 1.165) is 24.0 Å². The zero-order chi connectivity index (χ0) is 36.5. The minimum Gasteiger partial charge on any atom is -0.497 e. The van der Waals surface area contributed by atoms with Gasteiger partial charge in [0.1, 0.15) is 24.0 Å². The predicted octanol–water partition coefficient (Wildman–Crippen LogP) is 4.66. The number of carbonyl (C=O) groups is 5. The maximum atomic E-state index is 14.3. The van der Waals surface area contributed by atoms with Gasteiger partial charge in [0.15, 0.2) is 0 Å². The number of carbonyl (C=O) groups excluding carboxylic acids is 4. The molecule has 0 bridgehead atoms. The highest BCUT2D eigenvalue weighted by atomic mass is 16.5. The Hall–Kier alpha value is -5.19. The summed E-state index contributed by atoms with van der Waals surface area (Å²) in [4.78, 5) is 68.2. The van der Waals surface area contributed by atoms with Crippen molar-refractivity contribution in [2.45, 2.75) is 89.9 Å². The zero-order valence-corrected chi connectivity index (χ0v) is 29.6. The number of ether oxygens (including phenoxy) is 1. The van der Waals surface area contributed by atoms with Crippen LogP contribution in [-0.2, 0) is 43.2 Å². The minimum absolute atomic E-state index is 0.0498. The summed E-state index contributed by atoms with van der Waals surface area (Å²) in [6.07, 6.45) is 4.51. The Morgan fingerprint density at radius 3 is 2.14 bits per heavy atom. The maximum absolute atomic E-state index is 14.3. The first-order valence-electron chi connectivity index (χ1n) is 17.7. The lowest BCUT2D eigenvalue weighted by molar-refractivity contribution is -0.144. The highest BCUT2D eigenvalue weighted by Gasteiger charge is 2.48. The van der Waals surface area contributed by atoms with Crippen LogP contribution in [0.3, 0.4) is 0 Å². The number of carboxylic acids is 1. The summed E-state index contributed by atoms with van der Waals surface area (Å²) in [5.74, 6) is -1.30. The van der Waals surface area contributed by atoms with Crippen LogP contribution in [0, 0.1) is 5.41 Å². The van der Waals surface area contributed by atoms with Gasteiger partial charge in [-0.3, -0.25) is 24.1 Å². The molecular weight excluding hydrogens is 648 g/mol. The Morgan fingerprint density at radius 2 is 1.55 bits per heavy atom. The molecular formula is C40H48N4O7. The highest BCUT2D eigenvalue weighted by Crippen LogP contribution is 2.41. The first-order chi connectivity index (χ1) is 24.5. The molecule has 1 aliphatic heterocycles. The van der Waals surface area contributed by atoms with Gasteiger partial charge in [-0.25, -0.2) is 4.79 Å². The molecule has 11 nitrogen and oxygen atoms in total. The van der Waals surface area contributed by atoms with Gasteiger partial charge >= 0.3 is 5.97 Å². The summed E-state index contributed by atoms with van der Waals surface area (Å²) in [5.41, 5.74) is 2.56. The van der Waals surface area contributed by atoms with E-state index in [0.29, 0.717) is 62.1 Å². The van der Waals surface area contributed by atoms with E-state index in [4.69, 9.17) is 4.74 Å². The molecule has 3 aromatic carbocycles. The fraction of sp³-hybridized carbons (Fsp3) is 0.425. The minimum atomic E-state index is -1.16. The molecule has 51 heavy (non-hydrogen) atoms. The lowest BCUT2D eigenvalue weighted by atomic mass is 9.81. The van der Waals surface area contributed by atoms with Crippen LogP contribution in [0.5, 0.6) is 5.75 Å². The van der Waals surface area contributed by atoms with Gasteiger partial charge in [0, 0.05) is 38.9 Å². The third kappa shape index (κ3) is 8.95. The van der Waals surface area contributed by atoms with Crippen LogP contribution in [0.1, 0.15) is 69.1 Å². The average Bonchev–Trinajstić information content (AvgIpc) is 3.71. The topological polar surface area (TPSA) is 145 Å². The molecule has 11 heteroatoms. The summed E-state index contributed by atoms with van der Waals surface area (Å²) in [6.45, 7) is 3.27. The number of hydrogen-bond acceptors (Lipinski definition) is 6. The van der Waals surface area contributed by atoms with E-state index in [2.05, 4.69) is 10.6 Å². The van der Waals surface area contributed by atoms with Gasteiger partial charge in [-0.05, 0) is 73.1 Å². The third-order valence-corrected chi connectivity index (χ3v) is 10.2. The Balaban J connectivity index is 1.36. The predicted molar refractivity (Wildman–Crippen MR) is 193 cm³/mol. The second-order valence-corrected chi connectivity index (χ2v) is 13.7. The quantitative estimate of drug-likeness (QED) is 0.210. The van der Waals surface area contributed by atoms with Gasteiger partial charge < -0.3 is 25.4 Å². The summed E-state index contributed by atoms with van der Waals surface area (Å²) < 4.78 is 5.29. The standard InChI is InChI=1S/C40H48N4O7/c1-27(45)41-24-23-40(21-7-8-22-40)39(50)42-34(38(48)49)25-30-11-16-32(17-12-30)44-36(20-15-29-9-5-4-6-10-29)43(28(2)46)35(37(44)47)26-31-13-18-33(51-3)19-14-31/h4-6,9-14,16-19,34-36H,7-8,15,20-26H2,1-3H3,(H,41,45)(H,42,50)(H,48,49)/t34?,35-,36?/m1/s1. The molecule has 1 aliphatic carbocycles. The van der Waals surface area contributed by atoms with Gasteiger partial charge in [-0.2, -0.15) is 0 Å². The Bertz CT molecular complexity index is 1690. The first-order valence-corrected chi connectivity index (χ1v) is 17.7. The number of amides is 4. The van der Waals surface area contributed by atoms with E-state index in [1.807, 2.05) is 54.6 Å². The molecule has 3 N–H and O–H groups in total. The first kappa shape index (κ1) is 37.1. The van der Waals surface area contributed by atoms with Crippen molar-refractivity contribution in [1.29, 1.82) is 0 Å². The number of carboxylic acid groups (broad SMARTS) is 1. The van der Waals surface area contributed by atoms with Crippen molar-refractivity contribution in [3.8, 4) is 5.75 Å². The summed E-state index contributed by atoms with van der Waals surface area (Å²) in [6, 6.07) is 22.6. The van der Waals surface area contributed by atoms with Crippen molar-refractivity contribution >= 4 is 35.3 Å². The van der Waals surface area contributed by atoms with Crippen molar-refractivity contribution < 1.29 is 33.8 Å². The van der Waals surface area contributed by atoms with Crippen molar-refractivity contribution in [2.24, 2.45) is 5.41 Å². The van der Waals surface area contributed by atoms with Crippen LogP contribution in [0.4, 0.5) is 5.69 Å². The van der Waals surface area contributed by atoms with E-state index in [9.17, 15) is 29.1 Å². The Labute approximate surface area is 299 Å². The second kappa shape index (κ2) is 16.7. The van der Waals surface area contributed by atoms with Crippen LogP contribution in [0.2, 0.25) is 0 Å². The summed E-state index contributed by atoms with van der Waals surface area (Å²) in [7, 11) is 1.59. The molecule has 270 valence electrons. The summed E-state index contributed by atoms with van der Waals surface area (Å²) >= 11 is 0.